The number of rotatable bonds is 7. The topological polar surface area (TPSA) is 55.4 Å². The van der Waals surface area contributed by atoms with Crippen LogP contribution in [0.5, 0.6) is 0 Å². The molecule has 1 aromatic carbocycles. The normalized spacial score (nSPS) is 10.2. The van der Waals surface area contributed by atoms with Crippen molar-refractivity contribution >= 4 is 35.0 Å². The number of thioether (sulfide) groups is 1. The number of aryl methyl sites for hydroxylation is 1. The molecule has 2 rings (SSSR count). The zero-order valence-electron chi connectivity index (χ0n) is 12.2. The quantitative estimate of drug-likeness (QED) is 0.624. The van der Waals surface area contributed by atoms with Crippen LogP contribution >= 0.6 is 23.1 Å². The Morgan fingerprint density at radius 1 is 1.23 bits per heavy atom. The van der Waals surface area contributed by atoms with E-state index in [2.05, 4.69) is 5.32 Å². The summed E-state index contributed by atoms with van der Waals surface area (Å²) in [5.74, 6) is -0.481. The van der Waals surface area contributed by atoms with Crippen LogP contribution in [0.2, 0.25) is 0 Å². The fraction of sp³-hybridized carbons (Fsp3) is 0.250. The number of esters is 1. The predicted octanol–water partition coefficient (Wildman–Crippen LogP) is 3.01. The fourth-order valence-electron chi connectivity index (χ4n) is 1.69. The number of carbonyl (C=O) groups excluding carboxylic acids is 2. The average Bonchev–Trinajstić information content (AvgIpc) is 3.03. The van der Waals surface area contributed by atoms with Crippen molar-refractivity contribution in [1.29, 1.82) is 0 Å². The van der Waals surface area contributed by atoms with Gasteiger partial charge < -0.3 is 10.1 Å². The molecule has 0 radical (unpaired) electrons. The van der Waals surface area contributed by atoms with Gasteiger partial charge in [0.1, 0.15) is 0 Å². The summed E-state index contributed by atoms with van der Waals surface area (Å²) in [5, 5.41) is 4.66. The Kier molecular flexibility index (Phi) is 6.48. The van der Waals surface area contributed by atoms with Crippen molar-refractivity contribution in [3.05, 3.63) is 52.2 Å². The van der Waals surface area contributed by atoms with Gasteiger partial charge in [-0.15, -0.1) is 23.1 Å². The monoisotopic (exact) mass is 335 g/mol. The van der Waals surface area contributed by atoms with Crippen LogP contribution in [-0.4, -0.2) is 24.2 Å². The zero-order valence-corrected chi connectivity index (χ0v) is 13.8. The number of carbonyl (C=O) groups is 2. The Balaban J connectivity index is 1.65. The molecular formula is C16H17NO3S2. The van der Waals surface area contributed by atoms with Gasteiger partial charge in [0.2, 0.25) is 0 Å². The fourth-order valence-corrected chi connectivity index (χ4v) is 3.16. The summed E-state index contributed by atoms with van der Waals surface area (Å²) in [5.41, 5.74) is 1.12. The first kappa shape index (κ1) is 16.6. The second kappa shape index (κ2) is 8.60. The summed E-state index contributed by atoms with van der Waals surface area (Å²) in [4.78, 5) is 25.3. The molecule has 22 heavy (non-hydrogen) atoms. The predicted molar refractivity (Wildman–Crippen MR) is 89.0 cm³/mol. The largest absolute Gasteiger partial charge is 0.455 e. The molecule has 6 heteroatoms. The third kappa shape index (κ3) is 5.54. The van der Waals surface area contributed by atoms with Crippen molar-refractivity contribution < 1.29 is 14.3 Å². The van der Waals surface area contributed by atoms with Gasteiger partial charge in [-0.05, 0) is 30.0 Å². The maximum absolute atomic E-state index is 11.6. The van der Waals surface area contributed by atoms with E-state index in [-0.39, 0.29) is 24.2 Å². The minimum absolute atomic E-state index is 0.197. The minimum atomic E-state index is -0.389. The highest BCUT2D eigenvalue weighted by Crippen LogP contribution is 2.21. The lowest BCUT2D eigenvalue weighted by atomic mass is 10.2. The van der Waals surface area contributed by atoms with E-state index >= 15 is 0 Å². The SMILES string of the molecule is Cc1ccccc1SCC(=O)OCC(=O)NCc1cccs1. The van der Waals surface area contributed by atoms with Gasteiger partial charge in [-0.25, -0.2) is 0 Å². The smallest absolute Gasteiger partial charge is 0.316 e. The molecule has 1 heterocycles. The van der Waals surface area contributed by atoms with Crippen LogP contribution in [0.4, 0.5) is 0 Å². The van der Waals surface area contributed by atoms with Crippen LogP contribution in [0.25, 0.3) is 0 Å². The Morgan fingerprint density at radius 3 is 2.77 bits per heavy atom. The second-order valence-corrected chi connectivity index (χ2v) is 6.62. The number of benzene rings is 1. The molecule has 1 N–H and O–H groups in total. The average molecular weight is 335 g/mol. The van der Waals surface area contributed by atoms with Gasteiger partial charge in [-0.2, -0.15) is 0 Å². The van der Waals surface area contributed by atoms with Crippen LogP contribution < -0.4 is 5.32 Å². The van der Waals surface area contributed by atoms with E-state index in [0.29, 0.717) is 6.54 Å². The van der Waals surface area contributed by atoms with Crippen LogP contribution in [0.1, 0.15) is 10.4 Å². The Hall–Kier alpha value is -1.79. The Labute approximate surface area is 137 Å². The Bertz CT molecular complexity index is 626. The summed E-state index contributed by atoms with van der Waals surface area (Å²) >= 11 is 2.98. The minimum Gasteiger partial charge on any atom is -0.455 e. The number of amides is 1. The molecule has 0 unspecified atom stereocenters. The number of thiophene rings is 1. The molecule has 0 saturated carbocycles. The lowest BCUT2D eigenvalue weighted by Gasteiger charge is -2.07. The van der Waals surface area contributed by atoms with Crippen LogP contribution in [0.15, 0.2) is 46.7 Å². The van der Waals surface area contributed by atoms with Gasteiger partial charge >= 0.3 is 5.97 Å². The molecule has 0 fully saturated rings. The van der Waals surface area contributed by atoms with Crippen LogP contribution in [0, 0.1) is 6.92 Å². The zero-order chi connectivity index (χ0) is 15.8. The number of ether oxygens (including phenoxy) is 1. The van der Waals surface area contributed by atoms with Crippen molar-refractivity contribution in [2.24, 2.45) is 0 Å². The number of nitrogens with one attached hydrogen (secondary N) is 1. The maximum Gasteiger partial charge on any atom is 0.316 e. The summed E-state index contributed by atoms with van der Waals surface area (Å²) in [6.07, 6.45) is 0. The highest BCUT2D eigenvalue weighted by atomic mass is 32.2. The highest BCUT2D eigenvalue weighted by Gasteiger charge is 2.09. The first-order valence-corrected chi connectivity index (χ1v) is 8.65. The van der Waals surface area contributed by atoms with E-state index in [1.165, 1.54) is 11.8 Å². The number of hydrogen-bond donors (Lipinski definition) is 1. The van der Waals surface area contributed by atoms with Crippen molar-refractivity contribution in [2.45, 2.75) is 18.4 Å². The molecule has 0 bridgehead atoms. The molecule has 1 aromatic heterocycles. The van der Waals surface area contributed by atoms with Gasteiger partial charge in [0.25, 0.3) is 5.91 Å². The molecule has 0 saturated heterocycles. The molecular weight excluding hydrogens is 318 g/mol. The van der Waals surface area contributed by atoms with Crippen molar-refractivity contribution in [3.8, 4) is 0 Å². The first-order chi connectivity index (χ1) is 10.6. The van der Waals surface area contributed by atoms with E-state index in [4.69, 9.17) is 4.74 Å². The molecule has 2 aromatic rings. The second-order valence-electron chi connectivity index (χ2n) is 4.57. The van der Waals surface area contributed by atoms with E-state index in [0.717, 1.165) is 15.3 Å². The van der Waals surface area contributed by atoms with Crippen molar-refractivity contribution in [2.75, 3.05) is 12.4 Å². The number of hydrogen-bond acceptors (Lipinski definition) is 5. The molecule has 0 aliphatic carbocycles. The summed E-state index contributed by atoms with van der Waals surface area (Å²) < 4.78 is 4.97. The lowest BCUT2D eigenvalue weighted by molar-refractivity contribution is -0.145. The molecule has 116 valence electrons. The summed E-state index contributed by atoms with van der Waals surface area (Å²) in [6, 6.07) is 11.7. The standard InChI is InChI=1S/C16H17NO3S2/c1-12-5-2-3-7-14(12)22-11-16(19)20-10-15(18)17-9-13-6-4-8-21-13/h2-8H,9-11H2,1H3,(H,17,18). The highest BCUT2D eigenvalue weighted by molar-refractivity contribution is 8.00. The van der Waals surface area contributed by atoms with Gasteiger partial charge in [-0.1, -0.05) is 24.3 Å². The van der Waals surface area contributed by atoms with Crippen LogP contribution in [0.3, 0.4) is 0 Å². The molecule has 4 nitrogen and oxygen atoms in total. The molecule has 0 atom stereocenters. The molecule has 0 spiro atoms. The van der Waals surface area contributed by atoms with E-state index in [1.807, 2.05) is 48.7 Å². The van der Waals surface area contributed by atoms with Gasteiger partial charge in [0, 0.05) is 9.77 Å². The van der Waals surface area contributed by atoms with E-state index in [9.17, 15) is 9.59 Å². The van der Waals surface area contributed by atoms with E-state index < -0.39 is 0 Å². The third-order valence-electron chi connectivity index (χ3n) is 2.84. The Morgan fingerprint density at radius 2 is 2.05 bits per heavy atom. The maximum atomic E-state index is 11.6. The lowest BCUT2D eigenvalue weighted by Crippen LogP contribution is -2.28. The van der Waals surface area contributed by atoms with Gasteiger partial charge in [0.05, 0.1) is 12.3 Å². The van der Waals surface area contributed by atoms with Gasteiger partial charge in [0.15, 0.2) is 6.61 Å². The van der Waals surface area contributed by atoms with Gasteiger partial charge in [-0.3, -0.25) is 9.59 Å². The van der Waals surface area contributed by atoms with Crippen LogP contribution in [-0.2, 0) is 20.9 Å². The van der Waals surface area contributed by atoms with E-state index in [1.54, 1.807) is 11.3 Å². The first-order valence-electron chi connectivity index (χ1n) is 6.78. The molecule has 0 aliphatic heterocycles. The molecule has 1 amide bonds. The molecule has 0 aliphatic rings. The third-order valence-corrected chi connectivity index (χ3v) is 4.87. The summed E-state index contributed by atoms with van der Waals surface area (Å²) in [7, 11) is 0. The van der Waals surface area contributed by atoms with Crippen molar-refractivity contribution in [1.82, 2.24) is 5.32 Å². The van der Waals surface area contributed by atoms with Crippen molar-refractivity contribution in [3.63, 3.8) is 0 Å². The summed E-state index contributed by atoms with van der Waals surface area (Å²) in [6.45, 7) is 2.22.